The molecule has 2 aromatic carbocycles. The Labute approximate surface area is 167 Å². The van der Waals surface area contributed by atoms with Gasteiger partial charge in [-0.2, -0.15) is 0 Å². The molecule has 0 saturated carbocycles. The van der Waals surface area contributed by atoms with E-state index in [1.54, 1.807) is 35.0 Å². The summed E-state index contributed by atoms with van der Waals surface area (Å²) in [6, 6.07) is 10.3. The molecule has 7 nitrogen and oxygen atoms in total. The van der Waals surface area contributed by atoms with E-state index in [1.807, 2.05) is 4.90 Å². The SMILES string of the molecule is CN(CC(=O)N1CCN(c2ccccc2[N+](=O)[O-])CC1)Cc1ccc(F)c(F)c1. The van der Waals surface area contributed by atoms with Gasteiger partial charge in [0.1, 0.15) is 5.69 Å². The number of hydrogen-bond acceptors (Lipinski definition) is 5. The summed E-state index contributed by atoms with van der Waals surface area (Å²) in [5, 5.41) is 11.2. The van der Waals surface area contributed by atoms with Crippen molar-refractivity contribution < 1.29 is 18.5 Å². The molecular weight excluding hydrogens is 382 g/mol. The van der Waals surface area contributed by atoms with E-state index in [-0.39, 0.29) is 18.1 Å². The Kier molecular flexibility index (Phi) is 6.38. The first-order chi connectivity index (χ1) is 13.8. The maximum Gasteiger partial charge on any atom is 0.292 e. The van der Waals surface area contributed by atoms with Crippen LogP contribution < -0.4 is 4.90 Å². The summed E-state index contributed by atoms with van der Waals surface area (Å²) in [5.41, 5.74) is 1.19. The molecule has 0 spiro atoms. The van der Waals surface area contributed by atoms with Gasteiger partial charge in [0, 0.05) is 38.8 Å². The highest BCUT2D eigenvalue weighted by atomic mass is 19.2. The van der Waals surface area contributed by atoms with E-state index in [1.165, 1.54) is 12.1 Å². The molecule has 1 aliphatic heterocycles. The molecule has 0 aromatic heterocycles. The molecular formula is C20H22F2N4O3. The van der Waals surface area contributed by atoms with E-state index < -0.39 is 16.6 Å². The average Bonchev–Trinajstić information content (AvgIpc) is 2.70. The lowest BCUT2D eigenvalue weighted by Crippen LogP contribution is -2.51. The second-order valence-corrected chi connectivity index (χ2v) is 7.03. The molecule has 0 N–H and O–H groups in total. The second-order valence-electron chi connectivity index (χ2n) is 7.03. The van der Waals surface area contributed by atoms with E-state index in [4.69, 9.17) is 0 Å². The lowest BCUT2D eigenvalue weighted by atomic mass is 10.2. The molecule has 1 fully saturated rings. The number of amides is 1. The number of hydrogen-bond donors (Lipinski definition) is 0. The molecule has 1 saturated heterocycles. The molecule has 0 radical (unpaired) electrons. The Hall–Kier alpha value is -3.07. The fourth-order valence-corrected chi connectivity index (χ4v) is 3.42. The second kappa shape index (κ2) is 8.95. The summed E-state index contributed by atoms with van der Waals surface area (Å²) < 4.78 is 26.3. The number of piperazine rings is 1. The molecule has 29 heavy (non-hydrogen) atoms. The molecule has 0 bridgehead atoms. The van der Waals surface area contributed by atoms with Gasteiger partial charge in [-0.05, 0) is 30.8 Å². The molecule has 0 aliphatic carbocycles. The van der Waals surface area contributed by atoms with Crippen molar-refractivity contribution in [3.8, 4) is 0 Å². The predicted molar refractivity (Wildman–Crippen MR) is 105 cm³/mol. The third-order valence-electron chi connectivity index (χ3n) is 4.89. The van der Waals surface area contributed by atoms with Crippen LogP contribution in [0.2, 0.25) is 0 Å². The Morgan fingerprint density at radius 3 is 2.45 bits per heavy atom. The third-order valence-corrected chi connectivity index (χ3v) is 4.89. The van der Waals surface area contributed by atoms with E-state index in [9.17, 15) is 23.7 Å². The molecule has 0 atom stereocenters. The summed E-state index contributed by atoms with van der Waals surface area (Å²) in [7, 11) is 1.74. The van der Waals surface area contributed by atoms with Gasteiger partial charge in [-0.15, -0.1) is 0 Å². The Morgan fingerprint density at radius 1 is 1.10 bits per heavy atom. The molecule has 1 aliphatic rings. The van der Waals surface area contributed by atoms with Crippen LogP contribution in [-0.2, 0) is 11.3 Å². The van der Waals surface area contributed by atoms with Gasteiger partial charge in [0.2, 0.25) is 5.91 Å². The first-order valence-electron chi connectivity index (χ1n) is 9.24. The predicted octanol–water partition coefficient (Wildman–Crippen LogP) is 2.65. The van der Waals surface area contributed by atoms with E-state index in [2.05, 4.69) is 0 Å². The zero-order valence-corrected chi connectivity index (χ0v) is 16.1. The highest BCUT2D eigenvalue weighted by molar-refractivity contribution is 5.78. The van der Waals surface area contributed by atoms with Crippen LogP contribution in [0.25, 0.3) is 0 Å². The first kappa shape index (κ1) is 20.7. The largest absolute Gasteiger partial charge is 0.362 e. The smallest absolute Gasteiger partial charge is 0.292 e. The maximum absolute atomic E-state index is 13.3. The fourth-order valence-electron chi connectivity index (χ4n) is 3.42. The number of carbonyl (C=O) groups excluding carboxylic acids is 1. The van der Waals surface area contributed by atoms with Crippen molar-refractivity contribution in [1.29, 1.82) is 0 Å². The van der Waals surface area contributed by atoms with E-state index >= 15 is 0 Å². The Bertz CT molecular complexity index is 901. The lowest BCUT2D eigenvalue weighted by Gasteiger charge is -2.36. The minimum Gasteiger partial charge on any atom is -0.362 e. The van der Waals surface area contributed by atoms with Gasteiger partial charge in [0.25, 0.3) is 5.69 Å². The highest BCUT2D eigenvalue weighted by Gasteiger charge is 2.25. The van der Waals surface area contributed by atoms with Gasteiger partial charge in [-0.3, -0.25) is 19.8 Å². The van der Waals surface area contributed by atoms with Crippen molar-refractivity contribution in [2.45, 2.75) is 6.54 Å². The zero-order chi connectivity index (χ0) is 21.0. The summed E-state index contributed by atoms with van der Waals surface area (Å²) >= 11 is 0. The van der Waals surface area contributed by atoms with Crippen LogP contribution in [0.4, 0.5) is 20.2 Å². The number of anilines is 1. The molecule has 2 aromatic rings. The maximum atomic E-state index is 13.3. The van der Waals surface area contributed by atoms with Crippen LogP contribution in [-0.4, -0.2) is 60.4 Å². The highest BCUT2D eigenvalue weighted by Crippen LogP contribution is 2.28. The van der Waals surface area contributed by atoms with Crippen LogP contribution in [0.15, 0.2) is 42.5 Å². The minimum absolute atomic E-state index is 0.0542. The number of nitro groups is 1. The summed E-state index contributed by atoms with van der Waals surface area (Å²) in [5.74, 6) is -1.88. The van der Waals surface area contributed by atoms with Gasteiger partial charge in [-0.1, -0.05) is 18.2 Å². The van der Waals surface area contributed by atoms with Crippen molar-refractivity contribution in [2.75, 3.05) is 44.7 Å². The minimum atomic E-state index is -0.909. The summed E-state index contributed by atoms with van der Waals surface area (Å²) in [4.78, 5) is 28.7. The Balaban J connectivity index is 1.53. The average molecular weight is 404 g/mol. The van der Waals surface area contributed by atoms with Crippen molar-refractivity contribution in [3.63, 3.8) is 0 Å². The topological polar surface area (TPSA) is 69.9 Å². The third kappa shape index (κ3) is 5.05. The number of rotatable bonds is 6. The van der Waals surface area contributed by atoms with Crippen LogP contribution >= 0.6 is 0 Å². The van der Waals surface area contributed by atoms with Crippen LogP contribution in [0.1, 0.15) is 5.56 Å². The monoisotopic (exact) mass is 404 g/mol. The van der Waals surface area contributed by atoms with Crippen LogP contribution in [0.3, 0.4) is 0 Å². The van der Waals surface area contributed by atoms with E-state index in [0.29, 0.717) is 44.0 Å². The molecule has 0 unspecified atom stereocenters. The molecule has 154 valence electrons. The van der Waals surface area contributed by atoms with Gasteiger partial charge < -0.3 is 9.80 Å². The van der Waals surface area contributed by atoms with Crippen molar-refractivity contribution in [1.82, 2.24) is 9.80 Å². The fraction of sp³-hybridized carbons (Fsp3) is 0.350. The number of likely N-dealkylation sites (N-methyl/N-ethyl adjacent to an activating group) is 1. The van der Waals surface area contributed by atoms with Crippen LogP contribution in [0.5, 0.6) is 0 Å². The van der Waals surface area contributed by atoms with Gasteiger partial charge in [0.15, 0.2) is 11.6 Å². The number of para-hydroxylation sites is 2. The molecule has 3 rings (SSSR count). The summed E-state index contributed by atoms with van der Waals surface area (Å²) in [6.07, 6.45) is 0. The number of halogens is 2. The normalized spacial score (nSPS) is 14.3. The quantitative estimate of drug-likeness (QED) is 0.547. The van der Waals surface area contributed by atoms with Crippen molar-refractivity contribution in [2.24, 2.45) is 0 Å². The number of carbonyl (C=O) groups is 1. The van der Waals surface area contributed by atoms with Crippen molar-refractivity contribution in [3.05, 3.63) is 69.8 Å². The van der Waals surface area contributed by atoms with Crippen molar-refractivity contribution >= 4 is 17.3 Å². The summed E-state index contributed by atoms with van der Waals surface area (Å²) in [6.45, 7) is 2.39. The van der Waals surface area contributed by atoms with Gasteiger partial charge in [-0.25, -0.2) is 8.78 Å². The molecule has 1 heterocycles. The van der Waals surface area contributed by atoms with Crippen LogP contribution in [0, 0.1) is 21.7 Å². The standard InChI is InChI=1S/C20H22F2N4O3/c1-23(13-15-6-7-16(21)17(22)12-15)14-20(27)25-10-8-24(9-11-25)18-4-2-3-5-19(18)26(28)29/h2-7,12H,8-11,13-14H2,1H3. The van der Waals surface area contributed by atoms with Gasteiger partial charge in [0.05, 0.1) is 11.5 Å². The Morgan fingerprint density at radius 2 is 1.79 bits per heavy atom. The number of nitrogens with zero attached hydrogens (tertiary/aromatic N) is 4. The molecule has 9 heteroatoms. The zero-order valence-electron chi connectivity index (χ0n) is 16.1. The first-order valence-corrected chi connectivity index (χ1v) is 9.24. The number of nitro benzene ring substituents is 1. The molecule has 1 amide bonds. The van der Waals surface area contributed by atoms with E-state index in [0.717, 1.165) is 12.1 Å². The van der Waals surface area contributed by atoms with Gasteiger partial charge >= 0.3 is 0 Å². The lowest BCUT2D eigenvalue weighted by molar-refractivity contribution is -0.384. The number of benzene rings is 2.